The monoisotopic (exact) mass is 415 g/mol. The number of nitrogens with one attached hydrogen (secondary N) is 2. The molecule has 0 unspecified atom stereocenters. The van der Waals surface area contributed by atoms with Gasteiger partial charge in [0, 0.05) is 29.9 Å². The zero-order valence-corrected chi connectivity index (χ0v) is 17.6. The lowest BCUT2D eigenvalue weighted by Crippen LogP contribution is -2.35. The number of hydrogen-bond donors (Lipinski definition) is 2. The van der Waals surface area contributed by atoms with Gasteiger partial charge in [-0.3, -0.25) is 14.1 Å². The molecule has 1 aromatic carbocycles. The molecule has 0 spiro atoms. The topological polar surface area (TPSA) is 89.7 Å². The molecule has 31 heavy (non-hydrogen) atoms. The average Bonchev–Trinajstić information content (AvgIpc) is 3.08. The number of fused-ring (bicyclic) bond motifs is 1. The van der Waals surface area contributed by atoms with E-state index in [1.807, 2.05) is 15.2 Å². The van der Waals surface area contributed by atoms with Crippen LogP contribution in [0.5, 0.6) is 0 Å². The minimum atomic E-state index is 0.0576. The Morgan fingerprint density at radius 1 is 1.19 bits per heavy atom. The van der Waals surface area contributed by atoms with Crippen LogP contribution in [0.2, 0.25) is 0 Å². The maximum Gasteiger partial charge on any atom is 0.330 e. The molecule has 0 atom stereocenters. The quantitative estimate of drug-likeness (QED) is 0.535. The predicted octanol–water partition coefficient (Wildman–Crippen LogP) is 3.06. The molecule has 8 heteroatoms. The highest BCUT2D eigenvalue weighted by molar-refractivity contribution is 5.85. The van der Waals surface area contributed by atoms with Crippen LogP contribution in [-0.2, 0) is 13.0 Å². The maximum absolute atomic E-state index is 13.3. The van der Waals surface area contributed by atoms with Crippen molar-refractivity contribution in [1.29, 1.82) is 0 Å². The fourth-order valence-electron chi connectivity index (χ4n) is 4.97. The van der Waals surface area contributed by atoms with Crippen LogP contribution in [0.4, 0.5) is 11.6 Å². The van der Waals surface area contributed by atoms with E-state index in [1.54, 1.807) is 6.20 Å². The van der Waals surface area contributed by atoms with Crippen LogP contribution in [-0.4, -0.2) is 37.2 Å². The molecular weight excluding hydrogens is 390 g/mol. The van der Waals surface area contributed by atoms with Crippen LogP contribution in [0, 0.1) is 6.92 Å². The Morgan fingerprint density at radius 2 is 2.06 bits per heavy atom. The molecule has 0 aliphatic carbocycles. The molecule has 4 aromatic rings. The first kappa shape index (κ1) is 18.5. The van der Waals surface area contributed by atoms with E-state index in [0.29, 0.717) is 5.95 Å². The van der Waals surface area contributed by atoms with Gasteiger partial charge in [-0.05, 0) is 69.5 Å². The number of aromatic nitrogens is 5. The Morgan fingerprint density at radius 3 is 2.94 bits per heavy atom. The zero-order valence-electron chi connectivity index (χ0n) is 17.6. The molecule has 8 nitrogen and oxygen atoms in total. The van der Waals surface area contributed by atoms with Gasteiger partial charge in [-0.15, -0.1) is 0 Å². The SMILES string of the molecule is Cc1cc2ncccc2cc1Nc1nc2c3c(n1)n(C1CCNCC1)c(=O)n3CCC2. The van der Waals surface area contributed by atoms with E-state index in [9.17, 15) is 4.79 Å². The lowest BCUT2D eigenvalue weighted by molar-refractivity contribution is 0.363. The van der Waals surface area contributed by atoms with Gasteiger partial charge >= 0.3 is 5.69 Å². The Hall–Kier alpha value is -3.26. The molecule has 2 N–H and O–H groups in total. The van der Waals surface area contributed by atoms with Crippen molar-refractivity contribution in [2.24, 2.45) is 0 Å². The van der Waals surface area contributed by atoms with Crippen molar-refractivity contribution in [1.82, 2.24) is 29.4 Å². The zero-order chi connectivity index (χ0) is 20.9. The average molecular weight is 416 g/mol. The fourth-order valence-corrected chi connectivity index (χ4v) is 4.97. The summed E-state index contributed by atoms with van der Waals surface area (Å²) in [5, 5.41) is 7.88. The van der Waals surface area contributed by atoms with Crippen molar-refractivity contribution < 1.29 is 0 Å². The molecule has 0 radical (unpaired) electrons. The molecule has 2 aliphatic rings. The summed E-state index contributed by atoms with van der Waals surface area (Å²) in [6.45, 7) is 4.65. The van der Waals surface area contributed by atoms with E-state index in [1.165, 1.54) is 0 Å². The van der Waals surface area contributed by atoms with Crippen molar-refractivity contribution >= 4 is 33.7 Å². The van der Waals surface area contributed by atoms with Crippen LogP contribution in [0.1, 0.15) is 36.6 Å². The summed E-state index contributed by atoms with van der Waals surface area (Å²) in [6, 6.07) is 8.33. The molecule has 5 heterocycles. The summed E-state index contributed by atoms with van der Waals surface area (Å²) >= 11 is 0. The molecule has 3 aromatic heterocycles. The first-order valence-electron chi connectivity index (χ1n) is 11.0. The van der Waals surface area contributed by atoms with Gasteiger partial charge in [0.25, 0.3) is 0 Å². The molecule has 1 fully saturated rings. The summed E-state index contributed by atoms with van der Waals surface area (Å²) in [7, 11) is 0. The number of rotatable bonds is 3. The van der Waals surface area contributed by atoms with Crippen molar-refractivity contribution in [2.75, 3.05) is 18.4 Å². The maximum atomic E-state index is 13.3. The Bertz CT molecular complexity index is 1360. The van der Waals surface area contributed by atoms with E-state index < -0.39 is 0 Å². The van der Waals surface area contributed by atoms with Gasteiger partial charge in [0.1, 0.15) is 5.52 Å². The van der Waals surface area contributed by atoms with E-state index in [2.05, 4.69) is 40.7 Å². The summed E-state index contributed by atoms with van der Waals surface area (Å²) in [5.74, 6) is 0.551. The molecule has 6 rings (SSSR count). The Kier molecular flexibility index (Phi) is 4.27. The first-order chi connectivity index (χ1) is 15.2. The molecule has 2 aliphatic heterocycles. The van der Waals surface area contributed by atoms with Gasteiger partial charge in [-0.25, -0.2) is 9.78 Å². The van der Waals surface area contributed by atoms with E-state index >= 15 is 0 Å². The fraction of sp³-hybridized carbons (Fsp3) is 0.391. The minimum Gasteiger partial charge on any atom is -0.324 e. The molecule has 0 amide bonds. The molecular formula is C23H25N7O. The van der Waals surface area contributed by atoms with Crippen LogP contribution in [0.25, 0.3) is 22.1 Å². The highest BCUT2D eigenvalue weighted by atomic mass is 16.1. The van der Waals surface area contributed by atoms with E-state index in [0.717, 1.165) is 84.3 Å². The van der Waals surface area contributed by atoms with Gasteiger partial charge in [0.2, 0.25) is 5.95 Å². The molecule has 0 saturated carbocycles. The summed E-state index contributed by atoms with van der Waals surface area (Å²) in [4.78, 5) is 27.4. The summed E-state index contributed by atoms with van der Waals surface area (Å²) in [6.07, 6.45) is 5.48. The standard InChI is InChI=1S/C23H25N7O/c1-14-12-19-15(4-2-8-25-19)13-18(14)27-22-26-17-5-3-11-29-20(17)21(28-22)30(23(29)31)16-6-9-24-10-7-16/h2,4,8,12-13,16,24H,3,5-7,9-11H2,1H3,(H,26,27,28). The van der Waals surface area contributed by atoms with Crippen LogP contribution in [0.15, 0.2) is 35.3 Å². The number of aryl methyl sites for hydroxylation is 3. The number of pyridine rings is 1. The van der Waals surface area contributed by atoms with Crippen molar-refractivity contribution in [3.8, 4) is 0 Å². The smallest absolute Gasteiger partial charge is 0.324 e. The van der Waals surface area contributed by atoms with Gasteiger partial charge in [-0.1, -0.05) is 6.07 Å². The van der Waals surface area contributed by atoms with Crippen LogP contribution < -0.4 is 16.3 Å². The van der Waals surface area contributed by atoms with Crippen LogP contribution >= 0.6 is 0 Å². The number of hydrogen-bond acceptors (Lipinski definition) is 6. The highest BCUT2D eigenvalue weighted by Crippen LogP contribution is 2.30. The van der Waals surface area contributed by atoms with E-state index in [-0.39, 0.29) is 11.7 Å². The number of anilines is 2. The molecule has 0 bridgehead atoms. The third kappa shape index (κ3) is 3.01. The molecule has 1 saturated heterocycles. The van der Waals surface area contributed by atoms with Gasteiger partial charge in [-0.2, -0.15) is 4.98 Å². The second-order valence-electron chi connectivity index (χ2n) is 8.54. The highest BCUT2D eigenvalue weighted by Gasteiger charge is 2.27. The Balaban J connectivity index is 1.49. The third-order valence-electron chi connectivity index (χ3n) is 6.54. The molecule has 158 valence electrons. The summed E-state index contributed by atoms with van der Waals surface area (Å²) in [5.41, 5.74) is 5.71. The summed E-state index contributed by atoms with van der Waals surface area (Å²) < 4.78 is 3.81. The van der Waals surface area contributed by atoms with Gasteiger partial charge in [0.15, 0.2) is 5.65 Å². The largest absolute Gasteiger partial charge is 0.330 e. The number of piperidine rings is 1. The second kappa shape index (κ2) is 7.16. The second-order valence-corrected chi connectivity index (χ2v) is 8.54. The van der Waals surface area contributed by atoms with Crippen molar-refractivity contribution in [3.05, 3.63) is 52.2 Å². The number of imidazole rings is 1. The first-order valence-corrected chi connectivity index (χ1v) is 11.0. The van der Waals surface area contributed by atoms with Gasteiger partial charge < -0.3 is 10.6 Å². The van der Waals surface area contributed by atoms with Gasteiger partial charge in [0.05, 0.1) is 11.2 Å². The predicted molar refractivity (Wildman–Crippen MR) is 121 cm³/mol. The number of nitrogens with zero attached hydrogens (tertiary/aromatic N) is 5. The normalized spacial score (nSPS) is 16.8. The van der Waals surface area contributed by atoms with Crippen molar-refractivity contribution in [2.45, 2.75) is 45.2 Å². The number of benzene rings is 1. The van der Waals surface area contributed by atoms with Crippen LogP contribution in [0.3, 0.4) is 0 Å². The minimum absolute atomic E-state index is 0.0576. The lowest BCUT2D eigenvalue weighted by atomic mass is 10.1. The Labute approximate surface area is 179 Å². The van der Waals surface area contributed by atoms with E-state index in [4.69, 9.17) is 9.97 Å². The lowest BCUT2D eigenvalue weighted by Gasteiger charge is -2.23. The third-order valence-corrected chi connectivity index (χ3v) is 6.54. The van der Waals surface area contributed by atoms with Crippen molar-refractivity contribution in [3.63, 3.8) is 0 Å².